The highest BCUT2D eigenvalue weighted by Crippen LogP contribution is 2.29. The number of ether oxygens (including phenoxy) is 4. The molecule has 4 rings (SSSR count). The first-order valence-electron chi connectivity index (χ1n) is 19.1. The van der Waals surface area contributed by atoms with Crippen LogP contribution >= 0.6 is 8.03 Å². The van der Waals surface area contributed by atoms with E-state index in [1.54, 1.807) is 40.9 Å². The molecule has 2 fully saturated rings. The lowest BCUT2D eigenvalue weighted by Gasteiger charge is -2.36. The Morgan fingerprint density at radius 1 is 0.911 bits per heavy atom. The van der Waals surface area contributed by atoms with Crippen LogP contribution in [0.1, 0.15) is 70.8 Å². The number of nitrogens with one attached hydrogen (secondary N) is 1. The fraction of sp³-hybridized carbons (Fsp3) is 0.605. The number of nitrogens with zero attached hydrogens (tertiary/aromatic N) is 5. The molecule has 1 aromatic carbocycles. The van der Waals surface area contributed by atoms with Crippen molar-refractivity contribution in [1.29, 1.82) is 0 Å². The van der Waals surface area contributed by atoms with Gasteiger partial charge in [-0.15, -0.1) is 0 Å². The van der Waals surface area contributed by atoms with E-state index in [1.807, 2.05) is 42.2 Å². The molecule has 2 aromatic rings. The molecule has 1 N–H and O–H groups in total. The summed E-state index contributed by atoms with van der Waals surface area (Å²) in [5.74, 6) is -2.95. The number of esters is 2. The lowest BCUT2D eigenvalue weighted by atomic mass is 10.1. The zero-order chi connectivity index (χ0) is 40.8. The third kappa shape index (κ3) is 13.0. The number of anilines is 1. The van der Waals surface area contributed by atoms with Crippen LogP contribution in [0.4, 0.5) is 10.6 Å². The van der Waals surface area contributed by atoms with E-state index in [0.29, 0.717) is 36.9 Å². The van der Waals surface area contributed by atoms with Crippen LogP contribution in [-0.2, 0) is 42.4 Å². The maximum absolute atomic E-state index is 14.1. The minimum absolute atomic E-state index is 0.00391. The molecular weight excluding hydrogens is 747 g/mol. The maximum atomic E-state index is 14.1. The minimum Gasteiger partial charge on any atom is -0.449 e. The van der Waals surface area contributed by atoms with Gasteiger partial charge in [-0.1, -0.05) is 71.4 Å². The Bertz CT molecular complexity index is 1650. The Hall–Kier alpha value is -4.60. The van der Waals surface area contributed by atoms with Gasteiger partial charge in [0.1, 0.15) is 17.6 Å². The molecule has 0 radical (unpaired) electrons. The van der Waals surface area contributed by atoms with Gasteiger partial charge in [-0.05, 0) is 19.3 Å². The molecule has 1 aromatic heterocycles. The number of carbonyl (C=O) groups excluding carboxylic acids is 5. The number of hydrogen-bond donors (Lipinski definition) is 1. The molecule has 3 atom stereocenters. The molecule has 0 saturated carbocycles. The van der Waals surface area contributed by atoms with E-state index in [0.717, 1.165) is 19.3 Å². The molecule has 56 heavy (non-hydrogen) atoms. The summed E-state index contributed by atoms with van der Waals surface area (Å²) in [6.45, 7) is 8.73. The normalized spacial score (nSPS) is 16.9. The van der Waals surface area contributed by atoms with Crippen molar-refractivity contribution in [2.45, 2.75) is 78.9 Å². The first-order valence-corrected chi connectivity index (χ1v) is 20.7. The van der Waals surface area contributed by atoms with Crippen LogP contribution < -0.4 is 10.2 Å². The number of unbranched alkanes of at least 4 members (excludes halogenated alkanes) is 1. The Labute approximate surface area is 328 Å². The van der Waals surface area contributed by atoms with Crippen LogP contribution in [0, 0.1) is 11.8 Å². The quantitative estimate of drug-likeness (QED) is 0.0979. The van der Waals surface area contributed by atoms with E-state index in [-0.39, 0.29) is 50.6 Å². The third-order valence-corrected chi connectivity index (χ3v) is 10.3. The largest absolute Gasteiger partial charge is 0.449 e. The summed E-state index contributed by atoms with van der Waals surface area (Å²) in [4.78, 5) is 79.8. The molecule has 3 amide bonds. The van der Waals surface area contributed by atoms with Crippen LogP contribution in [-0.4, -0.2) is 127 Å². The number of benzene rings is 1. The van der Waals surface area contributed by atoms with Crippen molar-refractivity contribution in [1.82, 2.24) is 25.1 Å². The summed E-state index contributed by atoms with van der Waals surface area (Å²) in [7, 11) is -1.48. The molecule has 18 heteroatoms. The minimum atomic E-state index is -3.12. The van der Waals surface area contributed by atoms with E-state index in [9.17, 15) is 28.5 Å². The summed E-state index contributed by atoms with van der Waals surface area (Å²) in [6.07, 6.45) is 1.52. The molecule has 2 aliphatic heterocycles. The van der Waals surface area contributed by atoms with Crippen LogP contribution in [0.3, 0.4) is 0 Å². The van der Waals surface area contributed by atoms with Gasteiger partial charge in [0.2, 0.25) is 5.91 Å². The van der Waals surface area contributed by atoms with Gasteiger partial charge >= 0.3 is 24.5 Å². The van der Waals surface area contributed by atoms with Gasteiger partial charge < -0.3 is 39.0 Å². The molecule has 1 unspecified atom stereocenters. The highest BCUT2D eigenvalue weighted by Gasteiger charge is 2.33. The van der Waals surface area contributed by atoms with E-state index in [2.05, 4.69) is 10.3 Å². The molecule has 308 valence electrons. The summed E-state index contributed by atoms with van der Waals surface area (Å²) < 4.78 is 40.0. The third-order valence-electron chi connectivity index (χ3n) is 9.19. The zero-order valence-corrected chi connectivity index (χ0v) is 34.1. The highest BCUT2D eigenvalue weighted by atomic mass is 31.1. The van der Waals surface area contributed by atoms with Gasteiger partial charge in [0.15, 0.2) is 13.9 Å². The summed E-state index contributed by atoms with van der Waals surface area (Å²) in [6, 6.07) is 9.55. The number of carbonyl (C=O) groups is 5. The zero-order valence-electron chi connectivity index (χ0n) is 33.1. The first-order chi connectivity index (χ1) is 26.8. The van der Waals surface area contributed by atoms with Crippen molar-refractivity contribution in [3.8, 4) is 11.4 Å². The topological polar surface area (TPSA) is 196 Å². The van der Waals surface area contributed by atoms with Gasteiger partial charge in [-0.2, -0.15) is 0 Å². The Kier molecular flexibility index (Phi) is 17.0. The van der Waals surface area contributed by atoms with Gasteiger partial charge in [0, 0.05) is 64.2 Å². The second kappa shape index (κ2) is 21.6. The van der Waals surface area contributed by atoms with Crippen molar-refractivity contribution in [3.63, 3.8) is 0 Å². The van der Waals surface area contributed by atoms with Crippen LogP contribution in [0.5, 0.6) is 0 Å². The number of hydrogen-bond acceptors (Lipinski definition) is 14. The molecule has 17 nitrogen and oxygen atoms in total. The van der Waals surface area contributed by atoms with E-state index < -0.39 is 62.2 Å². The van der Waals surface area contributed by atoms with Crippen molar-refractivity contribution < 1.29 is 52.0 Å². The monoisotopic (exact) mass is 802 g/mol. The molecule has 0 bridgehead atoms. The molecule has 2 saturated heterocycles. The Balaban J connectivity index is 1.56. The molecule has 0 spiro atoms. The van der Waals surface area contributed by atoms with E-state index in [1.165, 1.54) is 9.80 Å². The number of methoxy groups -OCH3 is 1. The average Bonchev–Trinajstić information content (AvgIpc) is 3.69. The Morgan fingerprint density at radius 2 is 1.55 bits per heavy atom. The second-order valence-electron chi connectivity index (χ2n) is 14.2. The Morgan fingerprint density at radius 3 is 2.14 bits per heavy atom. The fourth-order valence-electron chi connectivity index (χ4n) is 5.73. The fourth-order valence-corrected chi connectivity index (χ4v) is 6.69. The number of aromatic nitrogens is 2. The summed E-state index contributed by atoms with van der Waals surface area (Å²) in [5, 5.41) is 2.80. The predicted octanol–water partition coefficient (Wildman–Crippen LogP) is 4.11. The smallest absolute Gasteiger partial charge is 0.409 e. The van der Waals surface area contributed by atoms with Crippen LogP contribution in [0.15, 0.2) is 36.4 Å². The van der Waals surface area contributed by atoms with Crippen molar-refractivity contribution in [3.05, 3.63) is 42.1 Å². The van der Waals surface area contributed by atoms with Crippen molar-refractivity contribution in [2.24, 2.45) is 11.8 Å². The van der Waals surface area contributed by atoms with Crippen LogP contribution in [0.25, 0.3) is 11.4 Å². The molecule has 0 aliphatic carbocycles. The maximum Gasteiger partial charge on any atom is 0.409 e. The van der Waals surface area contributed by atoms with Gasteiger partial charge in [-0.25, -0.2) is 14.8 Å². The molecule has 3 heterocycles. The summed E-state index contributed by atoms with van der Waals surface area (Å²) >= 11 is 0. The van der Waals surface area contributed by atoms with E-state index >= 15 is 0 Å². The molecule has 2 aliphatic rings. The average molecular weight is 803 g/mol. The number of piperazine rings is 1. The highest BCUT2D eigenvalue weighted by molar-refractivity contribution is 7.39. The number of amides is 3. The first kappa shape index (κ1) is 44.1. The SMILES string of the molecule is CCCCOC(=O)N1CCN(C(=O)[C@H](CC[PH](=O)OC(OC(=O)C(C)C)OC(=O)C(C)C)NC(=O)c2cc(N3CC[C@H](OC)C3)nc(-c3ccccc3)n2)CC1. The van der Waals surface area contributed by atoms with E-state index in [4.69, 9.17) is 28.5 Å². The lowest BCUT2D eigenvalue weighted by molar-refractivity contribution is -0.238. The second-order valence-corrected chi connectivity index (χ2v) is 15.7. The van der Waals surface area contributed by atoms with Crippen LogP contribution in [0.2, 0.25) is 0 Å². The standard InChI is InChI=1S/C38H55N6O11P/c1-7-8-21-52-37(49)43-19-17-42(18-20-43)34(46)29(15-22-56(50)55-38(53-35(47)25(2)3)54-36(48)26(4)5)40-33(45)30-23-31(44-16-14-28(24-44)51-6)41-32(39-30)27-12-10-9-11-13-27/h9-13,23,25-26,28-29,38,56H,7-8,14-22,24H2,1-6H3,(H,40,45)/t28-,29-/m0/s1. The van der Waals surface area contributed by atoms with Crippen molar-refractivity contribution >= 4 is 43.7 Å². The van der Waals surface area contributed by atoms with Gasteiger partial charge in [0.05, 0.1) is 24.5 Å². The van der Waals surface area contributed by atoms with Gasteiger partial charge in [-0.3, -0.25) is 28.3 Å². The van der Waals surface area contributed by atoms with Crippen molar-refractivity contribution in [2.75, 3.05) is 64.0 Å². The summed E-state index contributed by atoms with van der Waals surface area (Å²) in [5.41, 5.74) is 0.698. The van der Waals surface area contributed by atoms with Gasteiger partial charge in [0.25, 0.3) is 5.91 Å². The lowest BCUT2D eigenvalue weighted by Crippen LogP contribution is -2.56. The predicted molar refractivity (Wildman–Crippen MR) is 206 cm³/mol. The molecular formula is C38H55N6O11P. The number of rotatable bonds is 18.